The lowest BCUT2D eigenvalue weighted by molar-refractivity contribution is -0.396. The number of ether oxygens (including phenoxy) is 31. The highest BCUT2D eigenvalue weighted by molar-refractivity contribution is 5.73. The molecule has 53 heteroatoms. The molecule has 6 rings (SSSR count). The summed E-state index contributed by atoms with van der Waals surface area (Å²) in [6.45, 7) is 10.6. The van der Waals surface area contributed by atoms with E-state index in [2.05, 4.69) is 10.0 Å². The summed E-state index contributed by atoms with van der Waals surface area (Å²) in [7, 11) is 0. The van der Waals surface area contributed by atoms with Crippen LogP contribution in [0.2, 0.25) is 0 Å². The standard InChI is InChI=1S/C77H105N3O50/c1-29(81)101-23-48-54(107-35(7)87)60(108-36(8)88)67(115-43(15)95)73(121-48)127-56-50(25-103-31(3)83)123-75(69(117-45(17)97)62(56)110-38(10)90)129-58-52(27-105-33(5)85)125-77(71(119-47(19)99)64(58)112-40(12)92)130-59-53(28-106-34(6)86)124-76(70(118-46(18)98)65(59)113-41(13)93)128-57-51(26-104-32(4)84)122-74(68(116-44(16)96)63(57)111-39(11)91)126-55-49(24-102-30(2)82)120-72(100-22-20-21-79-80-78)66(114-42(14)94)61(55)109-37(9)89/h48-77H,20-28H2,1-19H3/t48-,49-,50-,51-,52-,53-,54-,55-,56-,57-,58-,59-,60-,61-,62-,63-,64-,65-,66-,67-,68-,69-,70-,71-,72-,73?,74?,75?,76?,77?/m1/s1. The zero-order chi connectivity index (χ0) is 97.0. The minimum absolute atomic E-state index is 0.0294. The van der Waals surface area contributed by atoms with Gasteiger partial charge >= 0.3 is 113 Å². The minimum Gasteiger partial charge on any atom is -0.463 e. The van der Waals surface area contributed by atoms with Gasteiger partial charge in [-0.25, -0.2) is 0 Å². The molecule has 0 aliphatic carbocycles. The minimum atomic E-state index is -2.44. The summed E-state index contributed by atoms with van der Waals surface area (Å²) < 4.78 is 185. The maximum Gasteiger partial charge on any atom is 0.303 e. The molecule has 130 heavy (non-hydrogen) atoms. The molecular weight excluding hydrogens is 1770 g/mol. The molecule has 53 nitrogen and oxygen atoms in total. The first-order valence-corrected chi connectivity index (χ1v) is 39.9. The number of hydrogen-bond acceptors (Lipinski definition) is 51. The zero-order valence-electron chi connectivity index (χ0n) is 73.9. The van der Waals surface area contributed by atoms with Gasteiger partial charge in [0.1, 0.15) is 107 Å². The molecule has 6 saturated heterocycles. The molecule has 6 fully saturated rings. The number of carbonyl (C=O) groups is 19. The van der Waals surface area contributed by atoms with Crippen LogP contribution in [0.25, 0.3) is 10.4 Å². The summed E-state index contributed by atoms with van der Waals surface area (Å²) in [6.07, 6.45) is -63.5. The monoisotopic (exact) mass is 1870 g/mol. The summed E-state index contributed by atoms with van der Waals surface area (Å²) in [5.74, 6) is -21.6. The van der Waals surface area contributed by atoms with Crippen LogP contribution in [0.5, 0.6) is 0 Å². The molecule has 0 saturated carbocycles. The van der Waals surface area contributed by atoms with Crippen LogP contribution in [0.15, 0.2) is 5.11 Å². The quantitative estimate of drug-likeness (QED) is 0.0168. The molecule has 5 unspecified atom stereocenters. The van der Waals surface area contributed by atoms with Crippen molar-refractivity contribution < 1.29 is 238 Å². The van der Waals surface area contributed by atoms with Crippen molar-refractivity contribution in [2.45, 2.75) is 322 Å². The van der Waals surface area contributed by atoms with Gasteiger partial charge in [0.2, 0.25) is 0 Å². The molecule has 0 aromatic rings. The normalized spacial score (nSPS) is 32.1. The van der Waals surface area contributed by atoms with Gasteiger partial charge in [-0.15, -0.1) is 0 Å². The highest BCUT2D eigenvalue weighted by atomic mass is 16.8. The van der Waals surface area contributed by atoms with Crippen molar-refractivity contribution in [2.24, 2.45) is 5.11 Å². The van der Waals surface area contributed by atoms with Gasteiger partial charge in [0.25, 0.3) is 0 Å². The van der Waals surface area contributed by atoms with E-state index >= 15 is 0 Å². The summed E-state index contributed by atoms with van der Waals surface area (Å²) in [5, 5.41) is 3.44. The number of nitrogens with zero attached hydrogens (tertiary/aromatic N) is 3. The molecule has 0 amide bonds. The summed E-state index contributed by atoms with van der Waals surface area (Å²) in [6, 6.07) is 0. The predicted octanol–water partition coefficient (Wildman–Crippen LogP) is -1.53. The van der Waals surface area contributed by atoms with Crippen LogP contribution in [0, 0.1) is 0 Å². The van der Waals surface area contributed by atoms with Gasteiger partial charge in [-0.3, -0.25) is 91.1 Å². The summed E-state index contributed by atoms with van der Waals surface area (Å²) >= 11 is 0. The van der Waals surface area contributed by atoms with Crippen LogP contribution in [-0.2, 0) is 238 Å². The van der Waals surface area contributed by atoms with Gasteiger partial charge in [0.05, 0.1) is 6.61 Å². The second kappa shape index (κ2) is 50.8. The van der Waals surface area contributed by atoms with Gasteiger partial charge in [-0.2, -0.15) is 0 Å². The van der Waals surface area contributed by atoms with E-state index < -0.39 is 337 Å². The molecule has 6 aliphatic rings. The maximum atomic E-state index is 13.9. The lowest BCUT2D eigenvalue weighted by Crippen LogP contribution is -2.70. The van der Waals surface area contributed by atoms with Crippen molar-refractivity contribution in [1.29, 1.82) is 0 Å². The highest BCUT2D eigenvalue weighted by Gasteiger charge is 2.65. The van der Waals surface area contributed by atoms with Crippen molar-refractivity contribution in [3.63, 3.8) is 0 Å². The van der Waals surface area contributed by atoms with E-state index in [9.17, 15) is 91.1 Å². The average molecular weight is 1870 g/mol. The van der Waals surface area contributed by atoms with E-state index in [4.69, 9.17) is 152 Å². The van der Waals surface area contributed by atoms with Crippen LogP contribution in [0.1, 0.15) is 138 Å². The van der Waals surface area contributed by atoms with Crippen LogP contribution < -0.4 is 0 Å². The molecule has 30 atom stereocenters. The van der Waals surface area contributed by atoms with Crippen molar-refractivity contribution in [1.82, 2.24) is 0 Å². The van der Waals surface area contributed by atoms with E-state index in [1.54, 1.807) is 0 Å². The number of rotatable bonds is 40. The number of azide groups is 1. The van der Waals surface area contributed by atoms with Crippen LogP contribution in [0.4, 0.5) is 0 Å². The van der Waals surface area contributed by atoms with Crippen molar-refractivity contribution in [2.75, 3.05) is 52.8 Å². The number of esters is 19. The Morgan fingerprint density at radius 2 is 0.369 bits per heavy atom. The third-order valence-electron chi connectivity index (χ3n) is 18.4. The van der Waals surface area contributed by atoms with Crippen molar-refractivity contribution in [3.05, 3.63) is 10.4 Å². The molecule has 0 aromatic carbocycles. The Bertz CT molecular complexity index is 4060. The first-order valence-electron chi connectivity index (χ1n) is 39.9. The Morgan fingerprint density at radius 1 is 0.215 bits per heavy atom. The third kappa shape index (κ3) is 33.0. The zero-order valence-corrected chi connectivity index (χ0v) is 73.9. The van der Waals surface area contributed by atoms with Gasteiger partial charge in [0, 0.05) is 143 Å². The van der Waals surface area contributed by atoms with Crippen LogP contribution in [0.3, 0.4) is 0 Å². The Kier molecular flexibility index (Phi) is 42.0. The van der Waals surface area contributed by atoms with E-state index in [1.165, 1.54) is 0 Å². The lowest BCUT2D eigenvalue weighted by Gasteiger charge is -2.52. The Balaban J connectivity index is 1.55. The fourth-order valence-electron chi connectivity index (χ4n) is 14.1. The highest BCUT2D eigenvalue weighted by Crippen LogP contribution is 2.43. The van der Waals surface area contributed by atoms with E-state index in [-0.39, 0.29) is 19.6 Å². The smallest absolute Gasteiger partial charge is 0.303 e. The van der Waals surface area contributed by atoms with Gasteiger partial charge < -0.3 is 147 Å². The van der Waals surface area contributed by atoms with Gasteiger partial charge in [-0.1, -0.05) is 5.11 Å². The van der Waals surface area contributed by atoms with Crippen LogP contribution >= 0.6 is 0 Å². The molecule has 0 N–H and O–H groups in total. The maximum absolute atomic E-state index is 13.9. The lowest BCUT2D eigenvalue weighted by atomic mass is 9.94. The van der Waals surface area contributed by atoms with Gasteiger partial charge in [0.15, 0.2) is 117 Å². The molecule has 0 spiro atoms. The van der Waals surface area contributed by atoms with Crippen molar-refractivity contribution in [3.8, 4) is 0 Å². The third-order valence-corrected chi connectivity index (χ3v) is 18.4. The molecule has 6 aliphatic heterocycles. The SMILES string of the molecule is CC(=O)OC[C@H]1O[C@@H](OCCCN=[N+]=[N-])[C@H](OC(C)=O)[C@H](OC(C)=O)[C@@H]1OC1O[C@H](COC(C)=O)[C@@H](OC2O[C@H](COC(C)=O)[C@@H](OC3O[C@H](COC(C)=O)[C@@H](OC4O[C@H](COC(C)=O)[C@@H](OC5O[C@H](COC(C)=O)[C@@H](OC(C)=O)[C@@H](OC(C)=O)[C@H]5OC(C)=O)[C@@H](OC(C)=O)[C@H]4OC(C)=O)[C@@H](OC(C)=O)[C@H]3OC(C)=O)[C@@H](OC(C)=O)[C@H]2OC(C)=O)[C@@H](OC(C)=O)[C@H]1OC(C)=O. The second-order valence-electron chi connectivity index (χ2n) is 29.2. The molecule has 0 bridgehead atoms. The first-order chi connectivity index (χ1) is 61.0. The fourth-order valence-corrected chi connectivity index (χ4v) is 14.1. The van der Waals surface area contributed by atoms with Gasteiger partial charge in [-0.05, 0) is 12.0 Å². The molecule has 728 valence electrons. The second-order valence-corrected chi connectivity index (χ2v) is 29.2. The Morgan fingerprint density at radius 3 is 0.546 bits per heavy atom. The van der Waals surface area contributed by atoms with E-state index in [0.717, 1.165) is 132 Å². The van der Waals surface area contributed by atoms with Crippen molar-refractivity contribution >= 4 is 113 Å². The van der Waals surface area contributed by atoms with E-state index in [0.29, 0.717) is 0 Å². The first kappa shape index (κ1) is 108. The van der Waals surface area contributed by atoms with E-state index in [1.807, 2.05) is 0 Å². The number of hydrogen-bond donors (Lipinski definition) is 0. The molecular formula is C77H105N3O50. The Labute approximate surface area is 739 Å². The fraction of sp³-hybridized carbons (Fsp3) is 0.753. The summed E-state index contributed by atoms with van der Waals surface area (Å²) in [5.41, 5.74) is 8.89. The molecule has 0 radical (unpaired) electrons. The molecule has 0 aromatic heterocycles. The number of carbonyl (C=O) groups excluding carboxylic acids is 19. The summed E-state index contributed by atoms with van der Waals surface area (Å²) in [4.78, 5) is 254. The molecule has 6 heterocycles. The topological polar surface area (TPSA) is 659 Å². The average Bonchev–Trinajstić information content (AvgIpc) is 0.753. The Hall–Kier alpha value is -11.2. The predicted molar refractivity (Wildman–Crippen MR) is 403 cm³/mol. The largest absolute Gasteiger partial charge is 0.463 e. The van der Waals surface area contributed by atoms with Crippen LogP contribution in [-0.4, -0.2) is 350 Å².